The SMILES string of the molecule is CCCC1(C(=O)Nc2ccccc2CO)CCNC1. The summed E-state index contributed by atoms with van der Waals surface area (Å²) in [6.07, 6.45) is 2.78. The van der Waals surface area contributed by atoms with E-state index in [-0.39, 0.29) is 17.9 Å². The normalized spacial score (nSPS) is 22.4. The summed E-state index contributed by atoms with van der Waals surface area (Å²) in [7, 11) is 0. The van der Waals surface area contributed by atoms with Gasteiger partial charge < -0.3 is 15.7 Å². The lowest BCUT2D eigenvalue weighted by Gasteiger charge is -2.27. The summed E-state index contributed by atoms with van der Waals surface area (Å²) in [5.74, 6) is 0.0697. The minimum absolute atomic E-state index is 0.0600. The van der Waals surface area contributed by atoms with Gasteiger partial charge in [0.25, 0.3) is 0 Å². The van der Waals surface area contributed by atoms with Gasteiger partial charge in [0, 0.05) is 17.8 Å². The highest BCUT2D eigenvalue weighted by molar-refractivity contribution is 5.96. The Morgan fingerprint density at radius 1 is 1.47 bits per heavy atom. The van der Waals surface area contributed by atoms with Crippen LogP contribution in [0.25, 0.3) is 0 Å². The van der Waals surface area contributed by atoms with Crippen molar-refractivity contribution in [2.24, 2.45) is 5.41 Å². The van der Waals surface area contributed by atoms with E-state index in [1.165, 1.54) is 0 Å². The quantitative estimate of drug-likeness (QED) is 0.759. The lowest BCUT2D eigenvalue weighted by Crippen LogP contribution is -2.38. The summed E-state index contributed by atoms with van der Waals surface area (Å²) in [5, 5.41) is 15.6. The van der Waals surface area contributed by atoms with Gasteiger partial charge in [-0.05, 0) is 25.5 Å². The monoisotopic (exact) mass is 262 g/mol. The molecule has 0 spiro atoms. The molecule has 0 saturated carbocycles. The van der Waals surface area contributed by atoms with Crippen molar-refractivity contribution in [2.75, 3.05) is 18.4 Å². The molecule has 104 valence electrons. The van der Waals surface area contributed by atoms with E-state index in [2.05, 4.69) is 17.6 Å². The Hall–Kier alpha value is -1.39. The molecule has 0 aromatic heterocycles. The van der Waals surface area contributed by atoms with Crippen LogP contribution in [0.2, 0.25) is 0 Å². The fourth-order valence-electron chi connectivity index (χ4n) is 2.78. The predicted octanol–water partition coefficient (Wildman–Crippen LogP) is 1.90. The molecule has 4 heteroatoms. The van der Waals surface area contributed by atoms with Crippen molar-refractivity contribution in [2.45, 2.75) is 32.8 Å². The molecule has 0 bridgehead atoms. The Morgan fingerprint density at radius 2 is 2.26 bits per heavy atom. The third-order valence-electron chi connectivity index (χ3n) is 3.89. The van der Waals surface area contributed by atoms with Crippen LogP contribution in [-0.2, 0) is 11.4 Å². The largest absolute Gasteiger partial charge is 0.392 e. The standard InChI is InChI=1S/C15H22N2O2/c1-2-7-15(8-9-16-11-15)14(19)17-13-6-4-3-5-12(13)10-18/h3-6,16,18H,2,7-11H2,1H3,(H,17,19). The first-order valence-corrected chi connectivity index (χ1v) is 6.93. The van der Waals surface area contributed by atoms with Gasteiger partial charge in [-0.25, -0.2) is 0 Å². The molecule has 1 aliphatic heterocycles. The average Bonchev–Trinajstić information content (AvgIpc) is 2.90. The van der Waals surface area contributed by atoms with Crippen LogP contribution in [0.5, 0.6) is 0 Å². The maximum Gasteiger partial charge on any atom is 0.231 e. The number of carbonyl (C=O) groups is 1. The molecule has 1 amide bonds. The molecule has 1 saturated heterocycles. The zero-order valence-electron chi connectivity index (χ0n) is 11.4. The highest BCUT2D eigenvalue weighted by Crippen LogP contribution is 2.33. The lowest BCUT2D eigenvalue weighted by atomic mass is 9.81. The number of nitrogens with one attached hydrogen (secondary N) is 2. The number of para-hydroxylation sites is 1. The maximum atomic E-state index is 12.6. The van der Waals surface area contributed by atoms with Crippen molar-refractivity contribution in [1.82, 2.24) is 5.32 Å². The first-order chi connectivity index (χ1) is 9.22. The Labute approximate surface area is 114 Å². The van der Waals surface area contributed by atoms with Crippen molar-refractivity contribution in [1.29, 1.82) is 0 Å². The van der Waals surface area contributed by atoms with Crippen molar-refractivity contribution in [3.63, 3.8) is 0 Å². The second-order valence-corrected chi connectivity index (χ2v) is 5.23. The third-order valence-corrected chi connectivity index (χ3v) is 3.89. The zero-order valence-corrected chi connectivity index (χ0v) is 11.4. The number of hydrogen-bond acceptors (Lipinski definition) is 3. The van der Waals surface area contributed by atoms with Gasteiger partial charge in [-0.3, -0.25) is 4.79 Å². The number of hydrogen-bond donors (Lipinski definition) is 3. The van der Waals surface area contributed by atoms with E-state index in [0.29, 0.717) is 0 Å². The van der Waals surface area contributed by atoms with Crippen molar-refractivity contribution < 1.29 is 9.90 Å². The summed E-state index contributed by atoms with van der Waals surface area (Å²) >= 11 is 0. The van der Waals surface area contributed by atoms with Gasteiger partial charge in [-0.1, -0.05) is 31.5 Å². The Kier molecular flexibility index (Phi) is 4.56. The fraction of sp³-hybridized carbons (Fsp3) is 0.533. The van der Waals surface area contributed by atoms with E-state index in [1.54, 1.807) is 0 Å². The summed E-state index contributed by atoms with van der Waals surface area (Å²) in [5.41, 5.74) is 1.18. The molecule has 1 aliphatic rings. The van der Waals surface area contributed by atoms with Gasteiger partial charge in [0.2, 0.25) is 5.91 Å². The van der Waals surface area contributed by atoms with E-state index < -0.39 is 0 Å². The lowest BCUT2D eigenvalue weighted by molar-refractivity contribution is -0.125. The van der Waals surface area contributed by atoms with Crippen molar-refractivity contribution >= 4 is 11.6 Å². The van der Waals surface area contributed by atoms with E-state index in [4.69, 9.17) is 0 Å². The fourth-order valence-corrected chi connectivity index (χ4v) is 2.78. The minimum atomic E-state index is -0.294. The van der Waals surface area contributed by atoms with Crippen LogP contribution in [-0.4, -0.2) is 24.1 Å². The van der Waals surface area contributed by atoms with Crippen LogP contribution in [0.4, 0.5) is 5.69 Å². The van der Waals surface area contributed by atoms with Crippen LogP contribution in [0.3, 0.4) is 0 Å². The second kappa shape index (κ2) is 6.17. The first-order valence-electron chi connectivity index (χ1n) is 6.93. The molecule has 1 unspecified atom stereocenters. The molecular weight excluding hydrogens is 240 g/mol. The van der Waals surface area contributed by atoms with Crippen LogP contribution in [0.1, 0.15) is 31.7 Å². The van der Waals surface area contributed by atoms with Crippen molar-refractivity contribution in [3.8, 4) is 0 Å². The first kappa shape index (κ1) is 14.0. The molecule has 0 radical (unpaired) electrons. The number of aliphatic hydroxyl groups excluding tert-OH is 1. The van der Waals surface area contributed by atoms with Crippen LogP contribution < -0.4 is 10.6 Å². The highest BCUT2D eigenvalue weighted by atomic mass is 16.3. The summed E-state index contributed by atoms with van der Waals surface area (Å²) in [4.78, 5) is 12.6. The smallest absolute Gasteiger partial charge is 0.231 e. The number of aliphatic hydroxyl groups is 1. The number of rotatable bonds is 5. The average molecular weight is 262 g/mol. The molecule has 2 rings (SSSR count). The predicted molar refractivity (Wildman–Crippen MR) is 75.8 cm³/mol. The topological polar surface area (TPSA) is 61.4 Å². The molecule has 3 N–H and O–H groups in total. The van der Waals surface area contributed by atoms with Gasteiger partial charge in [-0.15, -0.1) is 0 Å². The van der Waals surface area contributed by atoms with Crippen LogP contribution in [0, 0.1) is 5.41 Å². The molecule has 1 aromatic carbocycles. The van der Waals surface area contributed by atoms with E-state index in [0.717, 1.165) is 43.6 Å². The Morgan fingerprint density at radius 3 is 2.89 bits per heavy atom. The van der Waals surface area contributed by atoms with Crippen LogP contribution in [0.15, 0.2) is 24.3 Å². The van der Waals surface area contributed by atoms with E-state index >= 15 is 0 Å². The molecule has 1 heterocycles. The third kappa shape index (κ3) is 2.96. The van der Waals surface area contributed by atoms with Crippen molar-refractivity contribution in [3.05, 3.63) is 29.8 Å². The molecule has 19 heavy (non-hydrogen) atoms. The van der Waals surface area contributed by atoms with Gasteiger partial charge >= 0.3 is 0 Å². The Bertz CT molecular complexity index is 440. The molecule has 0 aliphatic carbocycles. The molecule has 1 atom stereocenters. The van der Waals surface area contributed by atoms with E-state index in [1.807, 2.05) is 24.3 Å². The Balaban J connectivity index is 2.15. The number of anilines is 1. The number of benzene rings is 1. The van der Waals surface area contributed by atoms with Gasteiger partial charge in [0.05, 0.1) is 12.0 Å². The second-order valence-electron chi connectivity index (χ2n) is 5.23. The number of amides is 1. The molecular formula is C15H22N2O2. The summed E-state index contributed by atoms with van der Waals surface area (Å²) < 4.78 is 0. The van der Waals surface area contributed by atoms with Crippen LogP contribution >= 0.6 is 0 Å². The minimum Gasteiger partial charge on any atom is -0.392 e. The zero-order chi connectivity index (χ0) is 13.7. The van der Waals surface area contributed by atoms with Gasteiger partial charge in [0.1, 0.15) is 0 Å². The molecule has 4 nitrogen and oxygen atoms in total. The summed E-state index contributed by atoms with van der Waals surface area (Å²) in [6, 6.07) is 7.40. The van der Waals surface area contributed by atoms with E-state index in [9.17, 15) is 9.90 Å². The molecule has 1 fully saturated rings. The highest BCUT2D eigenvalue weighted by Gasteiger charge is 2.40. The number of carbonyl (C=O) groups excluding carboxylic acids is 1. The maximum absolute atomic E-state index is 12.6. The molecule has 1 aromatic rings. The van der Waals surface area contributed by atoms with Gasteiger partial charge in [-0.2, -0.15) is 0 Å². The summed E-state index contributed by atoms with van der Waals surface area (Å²) in [6.45, 7) is 3.69. The van der Waals surface area contributed by atoms with Gasteiger partial charge in [0.15, 0.2) is 0 Å².